The highest BCUT2D eigenvalue weighted by atomic mass is 35.5. The van der Waals surface area contributed by atoms with Gasteiger partial charge in [-0.3, -0.25) is 24.7 Å². The summed E-state index contributed by atoms with van der Waals surface area (Å²) in [5.41, 5.74) is 7.27. The molecule has 3 aromatic carbocycles. The quantitative estimate of drug-likeness (QED) is 0.0820. The van der Waals surface area contributed by atoms with Gasteiger partial charge in [0.1, 0.15) is 18.1 Å². The summed E-state index contributed by atoms with van der Waals surface area (Å²) in [6.07, 6.45) is 6.73. The molecule has 3 heterocycles. The fourth-order valence-electron chi connectivity index (χ4n) is 4.75. The lowest BCUT2D eigenvalue weighted by Gasteiger charge is -2.16. The maximum atomic E-state index is 12.4. The van der Waals surface area contributed by atoms with Crippen molar-refractivity contribution in [3.63, 3.8) is 0 Å². The minimum atomic E-state index is -0.515. The van der Waals surface area contributed by atoms with Gasteiger partial charge in [0.05, 0.1) is 34.9 Å². The fourth-order valence-corrected chi connectivity index (χ4v) is 5.09. The summed E-state index contributed by atoms with van der Waals surface area (Å²) in [7, 11) is 0. The summed E-state index contributed by atoms with van der Waals surface area (Å²) in [6, 6.07) is 19.9. The number of carbonyl (C=O) groups is 2. The number of ketones is 1. The number of nitrogens with one attached hydrogen (secondary N) is 1. The monoisotopic (exact) mass is 613 g/mol. The number of aryl methyl sites for hydroxylation is 1. The maximum absolute atomic E-state index is 12.4. The molecule has 0 unspecified atom stereocenters. The highest BCUT2D eigenvalue weighted by Crippen LogP contribution is 2.31. The van der Waals surface area contributed by atoms with E-state index < -0.39 is 11.7 Å². The highest BCUT2D eigenvalue weighted by molar-refractivity contribution is 6.52. The number of nitrogens with zero attached hydrogens (tertiary/aromatic N) is 6. The third-order valence-corrected chi connectivity index (χ3v) is 7.38. The minimum absolute atomic E-state index is 0.276. The van der Waals surface area contributed by atoms with Gasteiger partial charge in [0.25, 0.3) is 11.7 Å². The Morgan fingerprint density at radius 1 is 0.930 bits per heavy atom. The molecule has 0 bridgehead atoms. The number of hydrogen-bond acceptors (Lipinski definition) is 8. The lowest BCUT2D eigenvalue weighted by atomic mass is 10.1. The summed E-state index contributed by atoms with van der Waals surface area (Å²) in [5.74, 6) is -0.332. The van der Waals surface area contributed by atoms with Gasteiger partial charge in [-0.2, -0.15) is 5.10 Å². The van der Waals surface area contributed by atoms with Gasteiger partial charge in [-0.25, -0.2) is 0 Å². The molecule has 0 fully saturated rings. The number of rotatable bonds is 11. The minimum Gasteiger partial charge on any atom is -0.487 e. The molecule has 0 saturated carbocycles. The van der Waals surface area contributed by atoms with Gasteiger partial charge in [0, 0.05) is 34.7 Å². The number of amides is 1. The molecule has 1 aliphatic heterocycles. The van der Waals surface area contributed by atoms with Crippen LogP contribution in [0.1, 0.15) is 34.5 Å². The number of hydrazone groups is 1. The highest BCUT2D eigenvalue weighted by Gasteiger charge is 2.35. The van der Waals surface area contributed by atoms with Crippen LogP contribution in [0.25, 0.3) is 10.9 Å². The Morgan fingerprint density at radius 3 is 2.58 bits per heavy atom. The van der Waals surface area contributed by atoms with E-state index in [9.17, 15) is 9.59 Å². The molecule has 2 aromatic heterocycles. The third kappa shape index (κ3) is 6.50. The van der Waals surface area contributed by atoms with Gasteiger partial charge in [0.15, 0.2) is 0 Å². The van der Waals surface area contributed by atoms with Gasteiger partial charge >= 0.3 is 0 Å². The molecule has 1 aliphatic rings. The van der Waals surface area contributed by atoms with Crippen molar-refractivity contribution in [1.29, 1.82) is 0 Å². The SMILES string of the molecule is O=C1C(=O)N(CCCCn2cc(COc3ccc(/C=N/Nc4ccnc5cc(Cl)ccc45)cc3)nn2)c2ccc(Cl)cc21. The van der Waals surface area contributed by atoms with E-state index in [1.54, 1.807) is 35.3 Å². The predicted molar refractivity (Wildman–Crippen MR) is 166 cm³/mol. The number of hydrogen-bond donors (Lipinski definition) is 1. The molecule has 5 aromatic rings. The number of halogens is 2. The molecule has 0 aliphatic carbocycles. The maximum Gasteiger partial charge on any atom is 0.299 e. The van der Waals surface area contributed by atoms with Gasteiger partial charge in [-0.05, 0) is 85.1 Å². The smallest absolute Gasteiger partial charge is 0.299 e. The summed E-state index contributed by atoms with van der Waals surface area (Å²) in [5, 5.41) is 14.7. The number of unbranched alkanes of at least 4 members (excludes halogenated alkanes) is 1. The molecule has 6 rings (SSSR count). The number of ether oxygens (including phenoxy) is 1. The molecule has 0 radical (unpaired) electrons. The van der Waals surface area contributed by atoms with Crippen LogP contribution >= 0.6 is 23.2 Å². The number of aromatic nitrogens is 4. The Hall–Kier alpha value is -4.80. The van der Waals surface area contributed by atoms with E-state index in [-0.39, 0.29) is 6.61 Å². The van der Waals surface area contributed by atoms with E-state index in [1.807, 2.05) is 54.7 Å². The first-order chi connectivity index (χ1) is 20.9. The Labute approximate surface area is 256 Å². The number of anilines is 2. The van der Waals surface area contributed by atoms with Crippen LogP contribution in [0.2, 0.25) is 10.0 Å². The van der Waals surface area contributed by atoms with Gasteiger partial charge in [-0.1, -0.05) is 28.4 Å². The third-order valence-electron chi connectivity index (χ3n) is 6.91. The molecule has 216 valence electrons. The second kappa shape index (κ2) is 12.6. The molecule has 0 spiro atoms. The van der Waals surface area contributed by atoms with Crippen molar-refractivity contribution < 1.29 is 14.3 Å². The van der Waals surface area contributed by atoms with Crippen molar-refractivity contribution in [2.24, 2.45) is 5.10 Å². The largest absolute Gasteiger partial charge is 0.487 e. The first-order valence-electron chi connectivity index (χ1n) is 13.6. The predicted octanol–water partition coefficient (Wildman–Crippen LogP) is 6.17. The number of Topliss-reactive ketones (excluding diaryl/α,β-unsaturated/α-hetero) is 1. The summed E-state index contributed by atoms with van der Waals surface area (Å²) >= 11 is 12.0. The van der Waals surface area contributed by atoms with Crippen molar-refractivity contribution in [2.75, 3.05) is 16.9 Å². The van der Waals surface area contributed by atoms with Crippen LogP contribution in [0, 0.1) is 0 Å². The van der Waals surface area contributed by atoms with Crippen LogP contribution in [0.5, 0.6) is 5.75 Å². The first kappa shape index (κ1) is 28.3. The van der Waals surface area contributed by atoms with Crippen LogP contribution in [-0.2, 0) is 17.9 Å². The lowest BCUT2D eigenvalue weighted by molar-refractivity contribution is -0.114. The van der Waals surface area contributed by atoms with Crippen LogP contribution < -0.4 is 15.1 Å². The molecule has 43 heavy (non-hydrogen) atoms. The summed E-state index contributed by atoms with van der Waals surface area (Å²) in [4.78, 5) is 30.5. The zero-order valence-electron chi connectivity index (χ0n) is 22.8. The molecule has 12 heteroatoms. The van der Waals surface area contributed by atoms with Gasteiger partial charge in [0.2, 0.25) is 0 Å². The number of fused-ring (bicyclic) bond motifs is 2. The summed E-state index contributed by atoms with van der Waals surface area (Å²) < 4.78 is 7.62. The first-order valence-corrected chi connectivity index (χ1v) is 14.3. The van der Waals surface area contributed by atoms with Crippen LogP contribution in [0.15, 0.2) is 84.2 Å². The van der Waals surface area contributed by atoms with E-state index in [2.05, 4.69) is 25.8 Å². The molecule has 1 N–H and O–H groups in total. The number of pyridine rings is 1. The zero-order valence-corrected chi connectivity index (χ0v) is 24.3. The van der Waals surface area contributed by atoms with Crippen LogP contribution in [-0.4, -0.2) is 44.4 Å². The van der Waals surface area contributed by atoms with E-state index in [1.165, 1.54) is 4.90 Å². The van der Waals surface area contributed by atoms with E-state index >= 15 is 0 Å². The van der Waals surface area contributed by atoms with E-state index in [4.69, 9.17) is 27.9 Å². The second-order valence-electron chi connectivity index (χ2n) is 9.88. The second-order valence-corrected chi connectivity index (χ2v) is 10.7. The van der Waals surface area contributed by atoms with E-state index in [0.29, 0.717) is 52.2 Å². The molecule has 1 amide bonds. The molecule has 0 saturated heterocycles. The Kier molecular flexibility index (Phi) is 8.30. The standard InChI is InChI=1S/C31H25Cl2N7O3/c32-21-6-10-29-26(15-21)30(41)31(42)40(29)14-2-1-13-39-18-23(36-38-39)19-43-24-7-3-20(4-8-24)17-35-37-27-11-12-34-28-16-22(33)5-9-25(27)28/h3-12,15-18H,1-2,13-14,19H2,(H,34,37)/b35-17+. The normalized spacial score (nSPS) is 12.8. The Balaban J connectivity index is 0.948. The average molecular weight is 614 g/mol. The van der Waals surface area contributed by atoms with Crippen molar-refractivity contribution >= 4 is 63.4 Å². The lowest BCUT2D eigenvalue weighted by Crippen LogP contribution is -2.30. The van der Waals surface area contributed by atoms with Crippen LogP contribution in [0.4, 0.5) is 11.4 Å². The average Bonchev–Trinajstić information content (AvgIpc) is 3.56. The van der Waals surface area contributed by atoms with Crippen molar-refractivity contribution in [3.8, 4) is 5.75 Å². The molecule has 0 atom stereocenters. The number of benzene rings is 3. The number of carbonyl (C=O) groups excluding carboxylic acids is 2. The van der Waals surface area contributed by atoms with Crippen molar-refractivity contribution in [1.82, 2.24) is 20.0 Å². The fraction of sp³-hybridized carbons (Fsp3) is 0.161. The molecular weight excluding hydrogens is 589 g/mol. The van der Waals surface area contributed by atoms with Crippen molar-refractivity contribution in [2.45, 2.75) is 26.0 Å². The topological polar surface area (TPSA) is 115 Å². The summed E-state index contributed by atoms with van der Waals surface area (Å²) in [6.45, 7) is 1.34. The van der Waals surface area contributed by atoms with Crippen molar-refractivity contribution in [3.05, 3.63) is 106 Å². The van der Waals surface area contributed by atoms with E-state index in [0.717, 1.165) is 28.6 Å². The molecular formula is C31H25Cl2N7O3. The Bertz CT molecular complexity index is 1840. The molecule has 10 nitrogen and oxygen atoms in total. The Morgan fingerprint density at radius 2 is 1.72 bits per heavy atom. The van der Waals surface area contributed by atoms with Gasteiger partial charge in [-0.15, -0.1) is 5.10 Å². The van der Waals surface area contributed by atoms with Gasteiger partial charge < -0.3 is 9.64 Å². The van der Waals surface area contributed by atoms with Crippen LogP contribution in [0.3, 0.4) is 0 Å². The zero-order chi connectivity index (χ0) is 29.8.